The summed E-state index contributed by atoms with van der Waals surface area (Å²) in [5.74, 6) is 0. The van der Waals surface area contributed by atoms with Gasteiger partial charge in [-0.3, -0.25) is 9.80 Å². The van der Waals surface area contributed by atoms with E-state index in [4.69, 9.17) is 22.4 Å². The highest BCUT2D eigenvalue weighted by Crippen LogP contribution is 2.26. The van der Waals surface area contributed by atoms with E-state index in [-0.39, 0.29) is 18.7 Å². The maximum atomic E-state index is 9.00. The molecule has 1 aromatic rings. The van der Waals surface area contributed by atoms with Gasteiger partial charge < -0.3 is 10.8 Å². The first-order valence-electron chi connectivity index (χ1n) is 7.20. The minimum absolute atomic E-state index is 0.0700. The minimum atomic E-state index is 0.0700. The number of β-amino-alcohol motifs (C(OH)–C–C–N with tert-alkyl or cyclic N) is 1. The second-order valence-electron chi connectivity index (χ2n) is 5.46. The molecular weight excluding hydrogens is 274 g/mol. The van der Waals surface area contributed by atoms with Gasteiger partial charge in [0.1, 0.15) is 0 Å². The maximum Gasteiger partial charge on any atom is 0.0558 e. The third-order valence-corrected chi connectivity index (χ3v) is 4.18. The summed E-state index contributed by atoms with van der Waals surface area (Å²) in [4.78, 5) is 4.72. The van der Waals surface area contributed by atoms with Gasteiger partial charge in [0.05, 0.1) is 6.61 Å². The van der Waals surface area contributed by atoms with Crippen LogP contribution in [-0.2, 0) is 0 Å². The molecule has 1 aliphatic rings. The first kappa shape index (κ1) is 15.7. The number of rotatable bonds is 5. The van der Waals surface area contributed by atoms with Crippen molar-refractivity contribution < 1.29 is 5.11 Å². The number of benzene rings is 1. The van der Waals surface area contributed by atoms with Gasteiger partial charge in [-0.2, -0.15) is 0 Å². The number of halogens is 1. The van der Waals surface area contributed by atoms with E-state index in [2.05, 4.69) is 28.9 Å². The lowest BCUT2D eigenvalue weighted by Gasteiger charge is -2.40. The zero-order valence-electron chi connectivity index (χ0n) is 12.0. The molecule has 1 aliphatic heterocycles. The summed E-state index contributed by atoms with van der Waals surface area (Å²) >= 11 is 5.96. The first-order chi connectivity index (χ1) is 9.61. The fraction of sp³-hybridized carbons (Fsp3) is 0.600. The van der Waals surface area contributed by atoms with Crippen molar-refractivity contribution in [2.24, 2.45) is 5.73 Å². The SMILES string of the molecule is CC(N)C(c1ccc(Cl)cc1)N1CCN(CCO)CC1. The van der Waals surface area contributed by atoms with Gasteiger partial charge >= 0.3 is 0 Å². The normalized spacial score (nSPS) is 20.8. The number of piperazine rings is 1. The van der Waals surface area contributed by atoms with Crippen LogP contribution in [-0.4, -0.2) is 60.3 Å². The summed E-state index contributed by atoms with van der Waals surface area (Å²) in [6, 6.07) is 8.28. The molecule has 0 saturated carbocycles. The topological polar surface area (TPSA) is 52.7 Å². The molecule has 0 radical (unpaired) electrons. The Morgan fingerprint density at radius 2 is 1.80 bits per heavy atom. The Labute approximate surface area is 126 Å². The number of nitrogens with two attached hydrogens (primary N) is 1. The summed E-state index contributed by atoms with van der Waals surface area (Å²) in [5.41, 5.74) is 7.42. The highest BCUT2D eigenvalue weighted by Gasteiger charge is 2.27. The van der Waals surface area contributed by atoms with Crippen molar-refractivity contribution in [3.8, 4) is 0 Å². The number of nitrogens with zero attached hydrogens (tertiary/aromatic N) is 2. The Balaban J connectivity index is 2.05. The molecule has 4 nitrogen and oxygen atoms in total. The van der Waals surface area contributed by atoms with Crippen molar-refractivity contribution in [2.45, 2.75) is 19.0 Å². The Morgan fingerprint density at radius 1 is 1.20 bits per heavy atom. The van der Waals surface area contributed by atoms with E-state index < -0.39 is 0 Å². The van der Waals surface area contributed by atoms with Crippen LogP contribution in [0.2, 0.25) is 5.02 Å². The van der Waals surface area contributed by atoms with Crippen molar-refractivity contribution in [1.29, 1.82) is 0 Å². The molecular formula is C15H24ClN3O. The summed E-state index contributed by atoms with van der Waals surface area (Å²) in [5, 5.41) is 9.75. The van der Waals surface area contributed by atoms with E-state index in [9.17, 15) is 0 Å². The predicted molar refractivity (Wildman–Crippen MR) is 82.9 cm³/mol. The lowest BCUT2D eigenvalue weighted by atomic mass is 9.98. The van der Waals surface area contributed by atoms with Gasteiger partial charge in [-0.25, -0.2) is 0 Å². The molecule has 3 N–H and O–H groups in total. The second-order valence-corrected chi connectivity index (χ2v) is 5.89. The Kier molecular flexibility index (Phi) is 5.81. The molecule has 2 unspecified atom stereocenters. The second kappa shape index (κ2) is 7.38. The molecule has 0 aromatic heterocycles. The van der Waals surface area contributed by atoms with Gasteiger partial charge in [0.25, 0.3) is 0 Å². The van der Waals surface area contributed by atoms with Crippen molar-refractivity contribution in [1.82, 2.24) is 9.80 Å². The monoisotopic (exact) mass is 297 g/mol. The smallest absolute Gasteiger partial charge is 0.0558 e. The first-order valence-corrected chi connectivity index (χ1v) is 7.58. The molecule has 1 saturated heterocycles. The van der Waals surface area contributed by atoms with E-state index in [1.165, 1.54) is 5.56 Å². The van der Waals surface area contributed by atoms with Crippen LogP contribution in [0.4, 0.5) is 0 Å². The van der Waals surface area contributed by atoms with Crippen molar-refractivity contribution >= 4 is 11.6 Å². The third kappa shape index (κ3) is 3.93. The van der Waals surface area contributed by atoms with Crippen LogP contribution in [0.3, 0.4) is 0 Å². The molecule has 0 bridgehead atoms. The van der Waals surface area contributed by atoms with E-state index in [0.717, 1.165) is 37.7 Å². The van der Waals surface area contributed by atoms with Crippen LogP contribution in [0.1, 0.15) is 18.5 Å². The molecule has 5 heteroatoms. The lowest BCUT2D eigenvalue weighted by Crippen LogP contribution is -2.51. The molecule has 112 valence electrons. The van der Waals surface area contributed by atoms with Crippen molar-refractivity contribution in [3.05, 3.63) is 34.9 Å². The molecule has 2 rings (SSSR count). The van der Waals surface area contributed by atoms with Gasteiger partial charge in [-0.05, 0) is 24.6 Å². The number of hydrogen-bond acceptors (Lipinski definition) is 4. The molecule has 1 fully saturated rings. The molecule has 0 aliphatic carbocycles. The van der Waals surface area contributed by atoms with Gasteiger partial charge in [0.15, 0.2) is 0 Å². The summed E-state index contributed by atoms with van der Waals surface area (Å²) in [6.07, 6.45) is 0. The molecule has 2 atom stereocenters. The standard InChI is InChI=1S/C15H24ClN3O/c1-12(17)15(13-2-4-14(16)5-3-13)19-8-6-18(7-9-19)10-11-20/h2-5,12,15,20H,6-11,17H2,1H3. The van der Waals surface area contributed by atoms with Crippen LogP contribution in [0, 0.1) is 0 Å². The summed E-state index contributed by atoms with van der Waals surface area (Å²) < 4.78 is 0. The Morgan fingerprint density at radius 3 is 2.30 bits per heavy atom. The number of hydrogen-bond donors (Lipinski definition) is 2. The fourth-order valence-electron chi connectivity index (χ4n) is 2.91. The lowest BCUT2D eigenvalue weighted by molar-refractivity contribution is 0.0760. The van der Waals surface area contributed by atoms with Gasteiger partial charge in [-0.1, -0.05) is 23.7 Å². The van der Waals surface area contributed by atoms with Gasteiger partial charge in [0, 0.05) is 49.8 Å². The summed E-state index contributed by atoms with van der Waals surface area (Å²) in [7, 11) is 0. The van der Waals surface area contributed by atoms with Crippen molar-refractivity contribution in [3.63, 3.8) is 0 Å². The molecule has 1 heterocycles. The molecule has 1 aromatic carbocycles. The van der Waals surface area contributed by atoms with Gasteiger partial charge in [-0.15, -0.1) is 0 Å². The van der Waals surface area contributed by atoms with E-state index in [0.29, 0.717) is 0 Å². The molecule has 0 amide bonds. The van der Waals surface area contributed by atoms with E-state index in [1.807, 2.05) is 12.1 Å². The summed E-state index contributed by atoms with van der Waals surface area (Å²) in [6.45, 7) is 6.98. The highest BCUT2D eigenvalue weighted by molar-refractivity contribution is 6.30. The predicted octanol–water partition coefficient (Wildman–Crippen LogP) is 1.34. The number of aliphatic hydroxyl groups excluding tert-OH is 1. The zero-order chi connectivity index (χ0) is 14.5. The molecule has 0 spiro atoms. The van der Waals surface area contributed by atoms with E-state index in [1.54, 1.807) is 0 Å². The van der Waals surface area contributed by atoms with Crippen molar-refractivity contribution in [2.75, 3.05) is 39.3 Å². The van der Waals surface area contributed by atoms with Crippen LogP contribution in [0.5, 0.6) is 0 Å². The Hall–Kier alpha value is -0.650. The third-order valence-electron chi connectivity index (χ3n) is 3.93. The van der Waals surface area contributed by atoms with Gasteiger partial charge in [0.2, 0.25) is 0 Å². The number of aliphatic hydroxyl groups is 1. The van der Waals surface area contributed by atoms with Crippen LogP contribution in [0.25, 0.3) is 0 Å². The zero-order valence-corrected chi connectivity index (χ0v) is 12.8. The minimum Gasteiger partial charge on any atom is -0.395 e. The molecule has 20 heavy (non-hydrogen) atoms. The quantitative estimate of drug-likeness (QED) is 0.861. The van der Waals surface area contributed by atoms with Crippen LogP contribution < -0.4 is 5.73 Å². The highest BCUT2D eigenvalue weighted by atomic mass is 35.5. The maximum absolute atomic E-state index is 9.00. The van der Waals surface area contributed by atoms with Crippen LogP contribution >= 0.6 is 11.6 Å². The largest absolute Gasteiger partial charge is 0.395 e. The fourth-order valence-corrected chi connectivity index (χ4v) is 3.04. The average molecular weight is 298 g/mol. The average Bonchev–Trinajstić information content (AvgIpc) is 2.43. The Bertz CT molecular complexity index is 402. The van der Waals surface area contributed by atoms with Crippen LogP contribution in [0.15, 0.2) is 24.3 Å². The van der Waals surface area contributed by atoms with E-state index >= 15 is 0 Å².